The number of aliphatic hydroxyl groups is 7. The Balaban J connectivity index is 1.66. The van der Waals surface area contributed by atoms with E-state index in [9.17, 15) is 40.1 Å². The second-order valence-corrected chi connectivity index (χ2v) is 9.57. The predicted molar refractivity (Wildman–Crippen MR) is 127 cm³/mol. The minimum atomic E-state index is -3.60. The number of nitrogens with one attached hydrogen (secondary N) is 1. The Hall–Kier alpha value is -2.73. The van der Waals surface area contributed by atoms with E-state index in [1.165, 1.54) is 30.6 Å². The maximum Gasteiger partial charge on any atom is 0.453 e. The summed E-state index contributed by atoms with van der Waals surface area (Å²) < 4.78 is 25.4. The van der Waals surface area contributed by atoms with Crippen LogP contribution in [0.15, 0.2) is 41.1 Å². The molecular weight excluding hydrogens is 563 g/mol. The average molecular weight is 587 g/mol. The van der Waals surface area contributed by atoms with Gasteiger partial charge in [-0.15, -0.1) is 0 Å². The summed E-state index contributed by atoms with van der Waals surface area (Å²) in [5, 5.41) is 71.7. The lowest BCUT2D eigenvalue weighted by Crippen LogP contribution is -2.64. The van der Waals surface area contributed by atoms with E-state index >= 15 is 0 Å². The smallest absolute Gasteiger partial charge is 0.453 e. The number of likely N-dealkylation sites (tertiary alicyclic amines) is 1. The van der Waals surface area contributed by atoms with Crippen LogP contribution in [0.5, 0.6) is 11.5 Å². The molecule has 0 atom stereocenters. The van der Waals surface area contributed by atoms with E-state index in [4.69, 9.17) is 9.47 Å². The highest BCUT2D eigenvalue weighted by Gasteiger charge is 2.50. The molecule has 1 saturated heterocycles. The van der Waals surface area contributed by atoms with E-state index in [0.717, 1.165) is 7.05 Å². The maximum absolute atomic E-state index is 14.4. The van der Waals surface area contributed by atoms with Crippen molar-refractivity contribution in [3.63, 3.8) is 0 Å². The monoisotopic (exact) mass is 586 g/mol. The van der Waals surface area contributed by atoms with Crippen molar-refractivity contribution in [2.24, 2.45) is 5.92 Å². The number of aromatic nitrogens is 2. The van der Waals surface area contributed by atoms with E-state index in [2.05, 4.69) is 31.2 Å². The molecule has 0 aliphatic carbocycles. The molecule has 200 valence electrons. The summed E-state index contributed by atoms with van der Waals surface area (Å²) in [7, 11) is 1.13. The van der Waals surface area contributed by atoms with Crippen LogP contribution in [-0.2, 0) is 0 Å². The van der Waals surface area contributed by atoms with Gasteiger partial charge in [0, 0.05) is 34.7 Å². The van der Waals surface area contributed by atoms with Gasteiger partial charge in [0.25, 0.3) is 0 Å². The molecule has 0 saturated carbocycles. The lowest BCUT2D eigenvalue weighted by Gasteiger charge is -2.47. The van der Waals surface area contributed by atoms with E-state index in [1.807, 2.05) is 0 Å². The number of ether oxygens (including phenoxy) is 2. The molecule has 13 nitrogen and oxygen atoms in total. The molecular formula is C22H24BrFN4O9. The van der Waals surface area contributed by atoms with Gasteiger partial charge in [-0.2, -0.15) is 0 Å². The second-order valence-electron chi connectivity index (χ2n) is 8.66. The number of hydrogen-bond donors (Lipinski definition) is 8. The van der Waals surface area contributed by atoms with Crippen molar-refractivity contribution < 1.29 is 49.6 Å². The molecule has 0 amide bonds. The Kier molecular flexibility index (Phi) is 7.28. The Morgan fingerprint density at radius 2 is 1.76 bits per heavy atom. The van der Waals surface area contributed by atoms with Crippen molar-refractivity contribution in [3.8, 4) is 11.5 Å². The van der Waals surface area contributed by atoms with Gasteiger partial charge in [0.1, 0.15) is 18.0 Å². The van der Waals surface area contributed by atoms with Crippen LogP contribution >= 0.6 is 15.9 Å². The molecule has 0 radical (unpaired) electrons. The molecule has 1 aliphatic heterocycles. The topological polar surface area (TPSA) is 201 Å². The van der Waals surface area contributed by atoms with Crippen LogP contribution in [0.25, 0.3) is 10.9 Å². The molecule has 1 aliphatic rings. The van der Waals surface area contributed by atoms with Gasteiger partial charge in [-0.1, -0.05) is 15.9 Å². The number of piperidine rings is 1. The first kappa shape index (κ1) is 27.3. The van der Waals surface area contributed by atoms with Gasteiger partial charge in [-0.3, -0.25) is 0 Å². The van der Waals surface area contributed by atoms with E-state index in [1.54, 1.807) is 6.07 Å². The summed E-state index contributed by atoms with van der Waals surface area (Å²) >= 11 is 3.17. The number of halogens is 2. The number of nitrogens with zero attached hydrogens (tertiary/aromatic N) is 3. The van der Waals surface area contributed by atoms with Crippen LogP contribution in [0.2, 0.25) is 0 Å². The van der Waals surface area contributed by atoms with Gasteiger partial charge in [-0.05, 0) is 31.3 Å². The number of anilines is 2. The molecule has 2 aromatic carbocycles. The Morgan fingerprint density at radius 3 is 2.38 bits per heavy atom. The molecule has 0 unspecified atom stereocenters. The largest absolute Gasteiger partial charge is 0.489 e. The number of hydrogen-bond acceptors (Lipinski definition) is 13. The van der Waals surface area contributed by atoms with E-state index < -0.39 is 29.7 Å². The van der Waals surface area contributed by atoms with Crippen molar-refractivity contribution in [2.45, 2.75) is 30.8 Å². The highest BCUT2D eigenvalue weighted by Crippen LogP contribution is 2.39. The van der Waals surface area contributed by atoms with Gasteiger partial charge in [0.15, 0.2) is 11.5 Å². The van der Waals surface area contributed by atoms with Crippen molar-refractivity contribution in [2.75, 3.05) is 19.0 Å². The zero-order chi connectivity index (χ0) is 27.2. The lowest BCUT2D eigenvalue weighted by molar-refractivity contribution is -0.419. The summed E-state index contributed by atoms with van der Waals surface area (Å²) in [5.74, 6) is -6.86. The molecule has 1 fully saturated rings. The molecule has 4 rings (SSSR count). The molecule has 1 aromatic heterocycles. The van der Waals surface area contributed by atoms with Gasteiger partial charge in [-0.25, -0.2) is 19.3 Å². The van der Waals surface area contributed by atoms with Crippen LogP contribution in [0, 0.1) is 11.7 Å². The second kappa shape index (κ2) is 9.86. The molecule has 0 spiro atoms. The van der Waals surface area contributed by atoms with Crippen LogP contribution in [-0.4, -0.2) is 82.2 Å². The van der Waals surface area contributed by atoms with Gasteiger partial charge in [0.2, 0.25) is 11.8 Å². The normalized spacial score (nSPS) is 18.1. The molecule has 2 heterocycles. The fourth-order valence-corrected chi connectivity index (χ4v) is 4.29. The van der Waals surface area contributed by atoms with E-state index in [0.29, 0.717) is 9.37 Å². The SMILES string of the molecule is CN1C(O)(O)CC(COc2cc3ncnc(Nc4ccc(Br)cc4F)c3cc2OC(O)(O)O)CC1(O)O. The number of fused-ring (bicyclic) bond motifs is 1. The first-order valence-electron chi connectivity index (χ1n) is 10.8. The third kappa shape index (κ3) is 6.23. The molecule has 15 heteroatoms. The van der Waals surface area contributed by atoms with E-state index in [-0.39, 0.29) is 53.4 Å². The van der Waals surface area contributed by atoms with Gasteiger partial charge < -0.3 is 50.5 Å². The van der Waals surface area contributed by atoms with Crippen molar-refractivity contribution >= 4 is 38.3 Å². The van der Waals surface area contributed by atoms with Crippen LogP contribution < -0.4 is 14.8 Å². The summed E-state index contributed by atoms with van der Waals surface area (Å²) in [4.78, 5) is 8.81. The quantitative estimate of drug-likeness (QED) is 0.175. The summed E-state index contributed by atoms with van der Waals surface area (Å²) in [5.41, 5.74) is 0.333. The number of benzene rings is 2. The Bertz CT molecular complexity index is 1290. The van der Waals surface area contributed by atoms with Crippen molar-refractivity contribution in [1.82, 2.24) is 14.9 Å². The molecule has 3 aromatic rings. The molecule has 0 bridgehead atoms. The van der Waals surface area contributed by atoms with Crippen LogP contribution in [0.3, 0.4) is 0 Å². The highest BCUT2D eigenvalue weighted by molar-refractivity contribution is 9.10. The highest BCUT2D eigenvalue weighted by atomic mass is 79.9. The fourth-order valence-electron chi connectivity index (χ4n) is 3.96. The summed E-state index contributed by atoms with van der Waals surface area (Å²) in [6.45, 7) is -0.295. The first-order chi connectivity index (χ1) is 17.1. The maximum atomic E-state index is 14.4. The zero-order valence-electron chi connectivity index (χ0n) is 19.2. The third-order valence-corrected chi connectivity index (χ3v) is 6.30. The van der Waals surface area contributed by atoms with Crippen molar-refractivity contribution in [3.05, 3.63) is 46.9 Å². The minimum absolute atomic E-state index is 0.0852. The van der Waals surface area contributed by atoms with Crippen LogP contribution in [0.1, 0.15) is 12.8 Å². The van der Waals surface area contributed by atoms with Crippen molar-refractivity contribution in [1.29, 1.82) is 0 Å². The summed E-state index contributed by atoms with van der Waals surface area (Å²) in [6, 6.07) is 6.84. The number of rotatable bonds is 7. The third-order valence-electron chi connectivity index (χ3n) is 5.81. The standard InChI is InChI=1S/C22H24BrFN4O9/c1-28-20(29,30)7-11(8-21(28,31)32)9-36-17-6-16-13(5-18(17)37-22(33,34)35)19(26-10-25-16)27-15-3-2-12(23)4-14(15)24/h2-6,10-11,29-35H,7-9H2,1H3,(H,25,26,27). The van der Waals surface area contributed by atoms with Crippen LogP contribution in [0.4, 0.5) is 15.9 Å². The first-order valence-corrected chi connectivity index (χ1v) is 11.6. The lowest BCUT2D eigenvalue weighted by atomic mass is 9.92. The van der Waals surface area contributed by atoms with Gasteiger partial charge in [0.05, 0.1) is 17.8 Å². The molecule has 8 N–H and O–H groups in total. The minimum Gasteiger partial charge on any atom is -0.489 e. The molecule has 37 heavy (non-hydrogen) atoms. The Labute approximate surface area is 217 Å². The van der Waals surface area contributed by atoms with Gasteiger partial charge >= 0.3 is 6.16 Å². The summed E-state index contributed by atoms with van der Waals surface area (Å²) in [6.07, 6.45) is -3.03. The fraction of sp³-hybridized carbons (Fsp3) is 0.364. The Morgan fingerprint density at radius 1 is 1.08 bits per heavy atom. The average Bonchev–Trinajstić information content (AvgIpc) is 2.77. The zero-order valence-corrected chi connectivity index (χ0v) is 20.8. The predicted octanol–water partition coefficient (Wildman–Crippen LogP) is 0.239.